The molecule has 12 nitrogen and oxygen atoms in total. The van der Waals surface area contributed by atoms with E-state index in [1.54, 1.807) is 7.11 Å². The van der Waals surface area contributed by atoms with Gasteiger partial charge in [0.2, 0.25) is 11.8 Å². The molecule has 4 aliphatic rings. The maximum atomic E-state index is 13.4. The third-order valence-corrected chi connectivity index (χ3v) is 15.3. The van der Waals surface area contributed by atoms with Gasteiger partial charge in [0.15, 0.2) is 0 Å². The Morgan fingerprint density at radius 1 is 0.943 bits per heavy atom. The van der Waals surface area contributed by atoms with Gasteiger partial charge in [0.05, 0.1) is 40.5 Å². The quantitative estimate of drug-likeness (QED) is 0.0593. The van der Waals surface area contributed by atoms with Gasteiger partial charge in [-0.2, -0.15) is 0 Å². The van der Waals surface area contributed by atoms with E-state index < -0.39 is 26.4 Å². The Morgan fingerprint density at radius 2 is 1.66 bits per heavy atom. The molecule has 8 unspecified atom stereocenters. The number of nitrogens with zero attached hydrogens (tertiary/aromatic N) is 1. The lowest BCUT2D eigenvalue weighted by Gasteiger charge is -2.61. The van der Waals surface area contributed by atoms with Crippen LogP contribution in [-0.4, -0.2) is 111 Å². The number of phosphoric ester groups is 1. The number of hydrogen-bond acceptors (Lipinski definition) is 8. The van der Waals surface area contributed by atoms with E-state index in [1.807, 2.05) is 21.1 Å². The van der Waals surface area contributed by atoms with Crippen LogP contribution in [0.15, 0.2) is 0 Å². The SMILES string of the molecule is COCC(CO)CCCCNC(=O)[C@H](COP(=O)(O)OCC[N+](C)(C)C)NC(=O)CCC(C)C1CCC2C3CCC4C[C@H](O)CC[C@]4(C)C3CC[C@]12C. The summed E-state index contributed by atoms with van der Waals surface area (Å²) < 4.78 is 28.8. The molecule has 308 valence electrons. The van der Waals surface area contributed by atoms with Crippen LogP contribution in [0.4, 0.5) is 0 Å². The minimum absolute atomic E-state index is 0.00259. The summed E-state index contributed by atoms with van der Waals surface area (Å²) in [6.45, 7) is 8.21. The first-order chi connectivity index (χ1) is 24.9. The average molecular weight is 773 g/mol. The fraction of sp³-hybridized carbons (Fsp3) is 0.950. The first kappa shape index (κ1) is 44.6. The van der Waals surface area contributed by atoms with E-state index in [4.69, 9.17) is 13.8 Å². The second kappa shape index (κ2) is 19.4. The Morgan fingerprint density at radius 3 is 2.36 bits per heavy atom. The average Bonchev–Trinajstić information content (AvgIpc) is 3.45. The van der Waals surface area contributed by atoms with Crippen LogP contribution in [0.1, 0.15) is 111 Å². The largest absolute Gasteiger partial charge is 0.472 e. The summed E-state index contributed by atoms with van der Waals surface area (Å²) in [5.74, 6) is 3.04. The fourth-order valence-electron chi connectivity index (χ4n) is 11.2. The molecule has 4 fully saturated rings. The van der Waals surface area contributed by atoms with Gasteiger partial charge in [0.1, 0.15) is 19.2 Å². The monoisotopic (exact) mass is 773 g/mol. The molecule has 53 heavy (non-hydrogen) atoms. The smallest absolute Gasteiger partial charge is 0.396 e. The molecule has 0 radical (unpaired) electrons. The van der Waals surface area contributed by atoms with Crippen LogP contribution in [-0.2, 0) is 27.9 Å². The van der Waals surface area contributed by atoms with Crippen LogP contribution in [0.3, 0.4) is 0 Å². The molecule has 4 rings (SSSR count). The molecule has 0 aromatic rings. The fourth-order valence-corrected chi connectivity index (χ4v) is 11.9. The number of aliphatic hydroxyl groups excluding tert-OH is 2. The number of amides is 2. The van der Waals surface area contributed by atoms with Gasteiger partial charge in [-0.05, 0) is 123 Å². The molecular formula is C40H75N3O9P+. The number of ether oxygens (including phenoxy) is 1. The molecule has 0 aromatic heterocycles. The number of methoxy groups -OCH3 is 1. The maximum Gasteiger partial charge on any atom is 0.472 e. The van der Waals surface area contributed by atoms with Crippen LogP contribution in [0, 0.1) is 52.3 Å². The number of nitrogens with one attached hydrogen (secondary N) is 2. The summed E-state index contributed by atoms with van der Waals surface area (Å²) >= 11 is 0. The third kappa shape index (κ3) is 12.0. The van der Waals surface area contributed by atoms with Crippen LogP contribution >= 0.6 is 7.82 Å². The Balaban J connectivity index is 1.31. The number of hydrogen-bond donors (Lipinski definition) is 5. The highest BCUT2D eigenvalue weighted by Crippen LogP contribution is 2.68. The summed E-state index contributed by atoms with van der Waals surface area (Å²) in [4.78, 5) is 37.0. The lowest BCUT2D eigenvalue weighted by Crippen LogP contribution is -2.54. The predicted molar refractivity (Wildman–Crippen MR) is 205 cm³/mol. The third-order valence-electron chi connectivity index (χ3n) is 14.3. The molecule has 13 heteroatoms. The number of aliphatic hydroxyl groups is 2. The molecule has 0 saturated heterocycles. The molecule has 4 saturated carbocycles. The molecule has 0 aromatic carbocycles. The van der Waals surface area contributed by atoms with E-state index in [-0.39, 0.29) is 43.0 Å². The van der Waals surface area contributed by atoms with Crippen molar-refractivity contribution in [2.45, 2.75) is 123 Å². The lowest BCUT2D eigenvalue weighted by atomic mass is 9.44. The molecular weight excluding hydrogens is 697 g/mol. The zero-order valence-corrected chi connectivity index (χ0v) is 34.9. The van der Waals surface area contributed by atoms with Gasteiger partial charge in [-0.25, -0.2) is 4.57 Å². The second-order valence-corrected chi connectivity index (χ2v) is 20.3. The summed E-state index contributed by atoms with van der Waals surface area (Å²) in [5, 5.41) is 25.6. The predicted octanol–water partition coefficient (Wildman–Crippen LogP) is 5.29. The van der Waals surface area contributed by atoms with Crippen LogP contribution in [0.2, 0.25) is 0 Å². The minimum atomic E-state index is -4.45. The van der Waals surface area contributed by atoms with Crippen molar-refractivity contribution in [1.82, 2.24) is 10.6 Å². The van der Waals surface area contributed by atoms with Gasteiger partial charge in [-0.3, -0.25) is 18.6 Å². The van der Waals surface area contributed by atoms with Crippen LogP contribution < -0.4 is 10.6 Å². The van der Waals surface area contributed by atoms with Crippen molar-refractivity contribution in [3.05, 3.63) is 0 Å². The lowest BCUT2D eigenvalue weighted by molar-refractivity contribution is -0.870. The van der Waals surface area contributed by atoms with Crippen molar-refractivity contribution < 1.29 is 47.5 Å². The molecule has 12 atom stereocenters. The molecule has 0 heterocycles. The molecule has 0 bridgehead atoms. The summed E-state index contributed by atoms with van der Waals surface area (Å²) in [6, 6.07) is -1.15. The number of fused-ring (bicyclic) bond motifs is 5. The Bertz CT molecular complexity index is 1230. The van der Waals surface area contributed by atoms with Gasteiger partial charge in [-0.1, -0.05) is 27.2 Å². The standard InChI is InChI=1S/C40H74N3O9P/c1-28(33-14-15-34-32-13-12-30-24-31(45)17-19-39(30,2)35(32)18-20-40(33,34)3)11-16-37(46)42-36(27-52-53(48,49)51-23-22-43(4,5)6)38(47)41-21-9-8-10-29(25-44)26-50-7/h28-36,44-45H,8-27H2,1-7H3,(H2-,41,42,46,47,48,49)/p+1/t28?,29?,30?,31-,32?,33?,34?,35?,36+,39+,40-/m1/s1. The van der Waals surface area contributed by atoms with Gasteiger partial charge in [-0.15, -0.1) is 0 Å². The van der Waals surface area contributed by atoms with Crippen molar-refractivity contribution in [3.63, 3.8) is 0 Å². The van der Waals surface area contributed by atoms with Crippen molar-refractivity contribution in [1.29, 1.82) is 0 Å². The first-order valence-electron chi connectivity index (χ1n) is 20.7. The summed E-state index contributed by atoms with van der Waals surface area (Å²) in [6.07, 6.45) is 13.6. The summed E-state index contributed by atoms with van der Waals surface area (Å²) in [5.41, 5.74) is 0.617. The number of carbonyl (C=O) groups excluding carboxylic acids is 2. The van der Waals surface area contributed by atoms with Gasteiger partial charge in [0.25, 0.3) is 0 Å². The zero-order chi connectivity index (χ0) is 39.0. The number of likely N-dealkylation sites (N-methyl/N-ethyl adjacent to an activating group) is 1. The number of carbonyl (C=O) groups is 2. The highest BCUT2D eigenvalue weighted by Gasteiger charge is 2.60. The minimum Gasteiger partial charge on any atom is -0.396 e. The normalized spacial score (nSPS) is 34.2. The Labute approximate surface area is 320 Å². The highest BCUT2D eigenvalue weighted by molar-refractivity contribution is 7.47. The van der Waals surface area contributed by atoms with Crippen LogP contribution in [0.25, 0.3) is 0 Å². The summed E-state index contributed by atoms with van der Waals surface area (Å²) in [7, 11) is 2.97. The highest BCUT2D eigenvalue weighted by atomic mass is 31.2. The molecule has 5 N–H and O–H groups in total. The number of phosphoric acid groups is 1. The van der Waals surface area contributed by atoms with Crippen molar-refractivity contribution >= 4 is 19.6 Å². The van der Waals surface area contributed by atoms with Crippen molar-refractivity contribution in [2.75, 3.05) is 67.8 Å². The van der Waals surface area contributed by atoms with Gasteiger partial charge in [0, 0.05) is 32.6 Å². The van der Waals surface area contributed by atoms with E-state index in [9.17, 15) is 29.3 Å². The van der Waals surface area contributed by atoms with E-state index in [0.717, 1.165) is 43.9 Å². The maximum absolute atomic E-state index is 13.4. The van der Waals surface area contributed by atoms with Gasteiger partial charge < -0.3 is 35.0 Å². The van der Waals surface area contributed by atoms with Crippen LogP contribution in [0.5, 0.6) is 0 Å². The molecule has 0 spiro atoms. The molecule has 0 aliphatic heterocycles. The van der Waals surface area contributed by atoms with E-state index in [2.05, 4.69) is 31.4 Å². The van der Waals surface area contributed by atoms with Gasteiger partial charge >= 0.3 is 7.82 Å². The Hall–Kier alpha value is -1.11. The van der Waals surface area contributed by atoms with Crippen molar-refractivity contribution in [2.24, 2.45) is 52.3 Å². The zero-order valence-electron chi connectivity index (χ0n) is 34.0. The molecule has 2 amide bonds. The topological polar surface area (TPSA) is 164 Å². The number of quaternary nitrogens is 1. The van der Waals surface area contributed by atoms with E-state index >= 15 is 0 Å². The first-order valence-corrected chi connectivity index (χ1v) is 22.2. The van der Waals surface area contributed by atoms with E-state index in [0.29, 0.717) is 66.1 Å². The second-order valence-electron chi connectivity index (χ2n) is 18.9. The number of unbranched alkanes of at least 4 members (excludes halogenated alkanes) is 1. The Kier molecular flexibility index (Phi) is 16.3. The van der Waals surface area contributed by atoms with Crippen molar-refractivity contribution in [3.8, 4) is 0 Å². The number of rotatable bonds is 21. The molecule has 4 aliphatic carbocycles. The van der Waals surface area contributed by atoms with E-state index in [1.165, 1.54) is 38.5 Å².